The molecular formula is C28H26O6. The van der Waals surface area contributed by atoms with Gasteiger partial charge in [-0.3, -0.25) is 0 Å². The number of hydrogen-bond acceptors (Lipinski definition) is 6. The number of esters is 3. The molecule has 174 valence electrons. The topological polar surface area (TPSA) is 78.9 Å². The molecule has 0 spiro atoms. The fourth-order valence-corrected chi connectivity index (χ4v) is 3.08. The van der Waals surface area contributed by atoms with Gasteiger partial charge in [0.25, 0.3) is 0 Å². The largest absolute Gasteiger partial charge is 0.462 e. The highest BCUT2D eigenvalue weighted by Gasteiger charge is 2.13. The Labute approximate surface area is 198 Å². The van der Waals surface area contributed by atoms with Crippen molar-refractivity contribution in [1.82, 2.24) is 0 Å². The molecule has 0 heterocycles. The normalized spacial score (nSPS) is 10.3. The van der Waals surface area contributed by atoms with Crippen LogP contribution in [0.25, 0.3) is 0 Å². The van der Waals surface area contributed by atoms with Crippen LogP contribution in [0, 0.1) is 13.8 Å². The minimum absolute atomic E-state index is 0.233. The average Bonchev–Trinajstić information content (AvgIpc) is 2.81. The predicted octanol–water partition coefficient (Wildman–Crippen LogP) is 5.40. The van der Waals surface area contributed by atoms with Crippen molar-refractivity contribution in [1.29, 1.82) is 0 Å². The zero-order chi connectivity index (χ0) is 24.7. The Bertz CT molecular complexity index is 1210. The van der Waals surface area contributed by atoms with E-state index < -0.39 is 17.9 Å². The molecule has 3 aromatic carbocycles. The van der Waals surface area contributed by atoms with E-state index in [0.717, 1.165) is 16.7 Å². The van der Waals surface area contributed by atoms with Gasteiger partial charge in [0.15, 0.2) is 0 Å². The van der Waals surface area contributed by atoms with Gasteiger partial charge >= 0.3 is 17.9 Å². The number of rotatable bonds is 8. The fourth-order valence-electron chi connectivity index (χ4n) is 3.08. The number of benzene rings is 3. The molecule has 0 aliphatic carbocycles. The molecule has 0 saturated heterocycles. The van der Waals surface area contributed by atoms with Crippen molar-refractivity contribution in [3.05, 3.63) is 107 Å². The maximum Gasteiger partial charge on any atom is 0.343 e. The van der Waals surface area contributed by atoms with Crippen LogP contribution >= 0.6 is 0 Å². The van der Waals surface area contributed by atoms with Crippen LogP contribution in [0.5, 0.6) is 11.5 Å². The summed E-state index contributed by atoms with van der Waals surface area (Å²) in [6.45, 7) is 9.20. The second-order valence-corrected chi connectivity index (χ2v) is 7.92. The van der Waals surface area contributed by atoms with Gasteiger partial charge in [-0.25, -0.2) is 14.4 Å². The first-order valence-corrected chi connectivity index (χ1v) is 10.8. The second kappa shape index (κ2) is 11.1. The molecule has 3 rings (SSSR count). The Hall–Kier alpha value is -4.19. The lowest BCUT2D eigenvalue weighted by Crippen LogP contribution is -2.11. The molecule has 3 aromatic rings. The van der Waals surface area contributed by atoms with E-state index in [0.29, 0.717) is 34.6 Å². The highest BCUT2D eigenvalue weighted by Crippen LogP contribution is 2.21. The van der Waals surface area contributed by atoms with Crippen molar-refractivity contribution in [2.24, 2.45) is 0 Å². The number of carbonyl (C=O) groups is 3. The van der Waals surface area contributed by atoms with E-state index in [2.05, 4.69) is 6.58 Å². The molecule has 0 unspecified atom stereocenters. The third-order valence-electron chi connectivity index (χ3n) is 5.06. The average molecular weight is 459 g/mol. The van der Waals surface area contributed by atoms with Crippen molar-refractivity contribution in [3.8, 4) is 11.5 Å². The zero-order valence-electron chi connectivity index (χ0n) is 19.4. The summed E-state index contributed by atoms with van der Waals surface area (Å²) >= 11 is 0. The van der Waals surface area contributed by atoms with E-state index in [4.69, 9.17) is 14.2 Å². The van der Waals surface area contributed by atoms with Crippen molar-refractivity contribution < 1.29 is 28.6 Å². The fraction of sp³-hybridized carbons (Fsp3) is 0.179. The Morgan fingerprint density at radius 1 is 0.765 bits per heavy atom. The highest BCUT2D eigenvalue weighted by molar-refractivity contribution is 5.92. The second-order valence-electron chi connectivity index (χ2n) is 7.92. The molecule has 34 heavy (non-hydrogen) atoms. The molecule has 0 saturated carbocycles. The maximum atomic E-state index is 12.5. The van der Waals surface area contributed by atoms with Gasteiger partial charge in [0.05, 0.1) is 17.7 Å². The maximum absolute atomic E-state index is 12.5. The van der Waals surface area contributed by atoms with E-state index in [-0.39, 0.29) is 6.61 Å². The third kappa shape index (κ3) is 6.65. The van der Waals surface area contributed by atoms with Gasteiger partial charge in [-0.15, -0.1) is 0 Å². The molecule has 0 bridgehead atoms. The van der Waals surface area contributed by atoms with Gasteiger partial charge in [-0.05, 0) is 80.4 Å². The summed E-state index contributed by atoms with van der Waals surface area (Å²) in [6.07, 6.45) is 0.531. The number of aryl methyl sites for hydroxylation is 2. The first-order chi connectivity index (χ1) is 16.2. The van der Waals surface area contributed by atoms with Gasteiger partial charge in [0.1, 0.15) is 11.5 Å². The lowest BCUT2D eigenvalue weighted by atomic mass is 10.0. The Morgan fingerprint density at radius 2 is 1.29 bits per heavy atom. The predicted molar refractivity (Wildman–Crippen MR) is 128 cm³/mol. The Balaban J connectivity index is 1.56. The molecule has 0 aliphatic heterocycles. The molecular weight excluding hydrogens is 432 g/mol. The van der Waals surface area contributed by atoms with E-state index in [9.17, 15) is 14.4 Å². The van der Waals surface area contributed by atoms with Gasteiger partial charge < -0.3 is 14.2 Å². The van der Waals surface area contributed by atoms with Gasteiger partial charge in [-0.2, -0.15) is 0 Å². The van der Waals surface area contributed by atoms with Gasteiger partial charge in [0.2, 0.25) is 0 Å². The van der Waals surface area contributed by atoms with Crippen LogP contribution in [0.4, 0.5) is 0 Å². The van der Waals surface area contributed by atoms with Crippen LogP contribution in [-0.2, 0) is 16.0 Å². The van der Waals surface area contributed by atoms with Crippen LogP contribution in [0.15, 0.2) is 78.9 Å². The molecule has 6 nitrogen and oxygen atoms in total. The van der Waals surface area contributed by atoms with E-state index in [1.54, 1.807) is 55.5 Å². The lowest BCUT2D eigenvalue weighted by Gasteiger charge is -2.10. The van der Waals surface area contributed by atoms with E-state index in [1.165, 1.54) is 0 Å². The summed E-state index contributed by atoms with van der Waals surface area (Å²) in [4.78, 5) is 36.2. The summed E-state index contributed by atoms with van der Waals surface area (Å²) in [5.41, 5.74) is 4.11. The first kappa shape index (κ1) is 24.5. The minimum atomic E-state index is -0.507. The smallest absolute Gasteiger partial charge is 0.343 e. The SMILES string of the molecule is C=C(C)C(=O)OCCc1ccc(C(=O)Oc2ccc(OC(=O)c3ccc(C)cc3)cc2)cc1C. The lowest BCUT2D eigenvalue weighted by molar-refractivity contribution is -0.138. The first-order valence-electron chi connectivity index (χ1n) is 10.8. The summed E-state index contributed by atoms with van der Waals surface area (Å²) in [5.74, 6) is -0.720. The van der Waals surface area contributed by atoms with Gasteiger partial charge in [0, 0.05) is 12.0 Å². The molecule has 0 aromatic heterocycles. The number of ether oxygens (including phenoxy) is 3. The Kier molecular flexibility index (Phi) is 7.98. The van der Waals surface area contributed by atoms with Crippen LogP contribution < -0.4 is 9.47 Å². The van der Waals surface area contributed by atoms with Crippen molar-refractivity contribution in [2.75, 3.05) is 6.61 Å². The third-order valence-corrected chi connectivity index (χ3v) is 5.06. The van der Waals surface area contributed by atoms with Crippen molar-refractivity contribution in [3.63, 3.8) is 0 Å². The number of hydrogen-bond donors (Lipinski definition) is 0. The standard InChI is InChI=1S/C28H26O6/c1-18(2)26(29)32-16-15-21-9-10-23(17-20(21)4)28(31)34-25-13-11-24(12-14-25)33-27(30)22-7-5-19(3)6-8-22/h5-14,17H,1,15-16H2,2-4H3. The van der Waals surface area contributed by atoms with Crippen LogP contribution in [0.1, 0.15) is 44.3 Å². The molecule has 0 radical (unpaired) electrons. The summed E-state index contributed by atoms with van der Waals surface area (Å²) < 4.78 is 15.9. The van der Waals surface area contributed by atoms with Crippen LogP contribution in [0.3, 0.4) is 0 Å². The summed E-state index contributed by atoms with van der Waals surface area (Å²) in [7, 11) is 0. The summed E-state index contributed by atoms with van der Waals surface area (Å²) in [6, 6.07) is 18.6. The van der Waals surface area contributed by atoms with Gasteiger partial charge in [-0.1, -0.05) is 30.3 Å². The summed E-state index contributed by atoms with van der Waals surface area (Å²) in [5, 5.41) is 0. The molecule has 0 fully saturated rings. The molecule has 0 atom stereocenters. The quantitative estimate of drug-likeness (QED) is 0.255. The zero-order valence-corrected chi connectivity index (χ0v) is 19.4. The van der Waals surface area contributed by atoms with Crippen molar-refractivity contribution >= 4 is 17.9 Å². The van der Waals surface area contributed by atoms with Crippen molar-refractivity contribution in [2.45, 2.75) is 27.2 Å². The minimum Gasteiger partial charge on any atom is -0.462 e. The van der Waals surface area contributed by atoms with E-state index >= 15 is 0 Å². The number of carbonyl (C=O) groups excluding carboxylic acids is 3. The monoisotopic (exact) mass is 458 g/mol. The van der Waals surface area contributed by atoms with Crippen LogP contribution in [0.2, 0.25) is 0 Å². The highest BCUT2D eigenvalue weighted by atomic mass is 16.5. The molecule has 0 N–H and O–H groups in total. The molecule has 0 aliphatic rings. The molecule has 6 heteroatoms. The Morgan fingerprint density at radius 3 is 1.82 bits per heavy atom. The molecule has 0 amide bonds. The van der Waals surface area contributed by atoms with Crippen LogP contribution in [-0.4, -0.2) is 24.5 Å². The van der Waals surface area contributed by atoms with E-state index in [1.807, 2.05) is 32.0 Å².